The van der Waals surface area contributed by atoms with Crippen LogP contribution in [0.3, 0.4) is 0 Å². The number of hydrogen-bond donors (Lipinski definition) is 2. The number of thiol groups is 1. The van der Waals surface area contributed by atoms with Gasteiger partial charge >= 0.3 is 5.97 Å². The lowest BCUT2D eigenvalue weighted by Crippen LogP contribution is -1.89. The van der Waals surface area contributed by atoms with Gasteiger partial charge in [-0.25, -0.2) is 4.79 Å². The number of thiophene rings is 2. The summed E-state index contributed by atoms with van der Waals surface area (Å²) in [7, 11) is 0. The van der Waals surface area contributed by atoms with Crippen LogP contribution in [0.5, 0.6) is 0 Å². The van der Waals surface area contributed by atoms with E-state index in [2.05, 4.69) is 25.6 Å². The van der Waals surface area contributed by atoms with Crippen molar-refractivity contribution < 1.29 is 9.90 Å². The van der Waals surface area contributed by atoms with E-state index >= 15 is 0 Å². The first-order valence-electron chi connectivity index (χ1n) is 5.23. The molecule has 1 unspecified atom stereocenters. The molecule has 0 radical (unpaired) electrons. The maximum absolute atomic E-state index is 10.8. The molecule has 1 N–H and O–H groups in total. The van der Waals surface area contributed by atoms with Crippen LogP contribution >= 0.6 is 35.3 Å². The molecule has 17 heavy (non-hydrogen) atoms. The number of hydrogen-bond acceptors (Lipinski definition) is 4. The zero-order chi connectivity index (χ0) is 12.4. The van der Waals surface area contributed by atoms with Crippen molar-refractivity contribution in [1.82, 2.24) is 0 Å². The molecule has 2 nitrogen and oxygen atoms in total. The third-order valence-electron chi connectivity index (χ3n) is 2.40. The Bertz CT molecular complexity index is 527. The third kappa shape index (κ3) is 2.73. The van der Waals surface area contributed by atoms with Gasteiger partial charge in [0.05, 0.1) is 0 Å². The zero-order valence-electron chi connectivity index (χ0n) is 9.21. The molecular formula is C12H12O2S3. The number of carbonyl (C=O) groups is 1. The highest BCUT2D eigenvalue weighted by Gasteiger charge is 2.12. The second-order valence-electron chi connectivity index (χ2n) is 3.60. The Morgan fingerprint density at radius 3 is 2.53 bits per heavy atom. The minimum absolute atomic E-state index is 0.271. The monoisotopic (exact) mass is 284 g/mol. The summed E-state index contributed by atoms with van der Waals surface area (Å²) in [4.78, 5) is 14.5. The Balaban J connectivity index is 2.27. The Morgan fingerprint density at radius 1 is 1.29 bits per heavy atom. The molecule has 2 aromatic rings. The molecule has 2 rings (SSSR count). The normalized spacial score (nSPS) is 12.6. The van der Waals surface area contributed by atoms with E-state index in [4.69, 9.17) is 5.11 Å². The average molecular weight is 284 g/mol. The molecule has 0 spiro atoms. The molecule has 0 saturated heterocycles. The van der Waals surface area contributed by atoms with E-state index in [0.717, 1.165) is 16.2 Å². The first kappa shape index (κ1) is 12.7. The summed E-state index contributed by atoms with van der Waals surface area (Å²) in [5, 5.41) is 9.15. The second kappa shape index (κ2) is 5.25. The quantitative estimate of drug-likeness (QED) is 0.808. The largest absolute Gasteiger partial charge is 0.477 e. The molecule has 0 aromatic carbocycles. The van der Waals surface area contributed by atoms with Crippen LogP contribution < -0.4 is 0 Å². The summed E-state index contributed by atoms with van der Waals surface area (Å²) < 4.78 is 0. The van der Waals surface area contributed by atoms with Gasteiger partial charge < -0.3 is 5.11 Å². The Morgan fingerprint density at radius 2 is 1.94 bits per heavy atom. The molecule has 5 heteroatoms. The van der Waals surface area contributed by atoms with Gasteiger partial charge in [-0.2, -0.15) is 12.6 Å². The van der Waals surface area contributed by atoms with Gasteiger partial charge in [-0.1, -0.05) is 6.92 Å². The van der Waals surface area contributed by atoms with Crippen LogP contribution in [0.4, 0.5) is 0 Å². The molecule has 2 aromatic heterocycles. The van der Waals surface area contributed by atoms with Gasteiger partial charge in [0, 0.05) is 19.9 Å². The Labute approximate surface area is 113 Å². The van der Waals surface area contributed by atoms with Crippen LogP contribution in [0, 0.1) is 0 Å². The van der Waals surface area contributed by atoms with Crippen molar-refractivity contribution >= 4 is 41.3 Å². The van der Waals surface area contributed by atoms with E-state index in [1.165, 1.54) is 16.2 Å². The zero-order valence-corrected chi connectivity index (χ0v) is 11.7. The lowest BCUT2D eigenvalue weighted by molar-refractivity contribution is 0.0702. The van der Waals surface area contributed by atoms with Crippen molar-refractivity contribution in [1.29, 1.82) is 0 Å². The lowest BCUT2D eigenvalue weighted by atomic mass is 10.3. The van der Waals surface area contributed by atoms with Gasteiger partial charge in [-0.15, -0.1) is 22.7 Å². The van der Waals surface area contributed by atoms with Crippen LogP contribution in [0.1, 0.15) is 33.1 Å². The van der Waals surface area contributed by atoms with Crippen molar-refractivity contribution in [2.24, 2.45) is 0 Å². The van der Waals surface area contributed by atoms with Gasteiger partial charge in [-0.3, -0.25) is 0 Å². The molecule has 0 aliphatic rings. The molecule has 0 aliphatic carbocycles. The van der Waals surface area contributed by atoms with Crippen LogP contribution in [0.25, 0.3) is 9.75 Å². The summed E-state index contributed by atoms with van der Waals surface area (Å²) in [5.41, 5.74) is 0. The third-order valence-corrected chi connectivity index (χ3v) is 5.69. The first-order chi connectivity index (χ1) is 8.11. The number of rotatable bonds is 4. The summed E-state index contributed by atoms with van der Waals surface area (Å²) in [5.74, 6) is -0.862. The number of carboxylic acids is 1. The van der Waals surface area contributed by atoms with Crippen molar-refractivity contribution in [2.75, 3.05) is 0 Å². The second-order valence-corrected chi connectivity index (χ2v) is 6.42. The van der Waals surface area contributed by atoms with Gasteiger partial charge in [-0.05, 0) is 30.7 Å². The molecule has 0 aliphatic heterocycles. The van der Waals surface area contributed by atoms with E-state index in [9.17, 15) is 4.79 Å². The molecule has 0 fully saturated rings. The van der Waals surface area contributed by atoms with Crippen molar-refractivity contribution in [3.63, 3.8) is 0 Å². The molecule has 90 valence electrons. The fraction of sp³-hybridized carbons (Fsp3) is 0.250. The first-order valence-corrected chi connectivity index (χ1v) is 7.38. The van der Waals surface area contributed by atoms with Crippen LogP contribution in [-0.2, 0) is 0 Å². The molecular weight excluding hydrogens is 272 g/mol. The summed E-state index contributed by atoms with van der Waals surface area (Å²) in [6.45, 7) is 2.10. The molecule has 1 atom stereocenters. The van der Waals surface area contributed by atoms with Crippen molar-refractivity contribution in [3.8, 4) is 9.75 Å². The van der Waals surface area contributed by atoms with E-state index < -0.39 is 5.97 Å². The van der Waals surface area contributed by atoms with Gasteiger partial charge in [0.2, 0.25) is 0 Å². The van der Waals surface area contributed by atoms with E-state index in [0.29, 0.717) is 4.88 Å². The van der Waals surface area contributed by atoms with Crippen molar-refractivity contribution in [3.05, 3.63) is 34.0 Å². The molecule has 2 heterocycles. The Hall–Kier alpha value is -0.780. The van der Waals surface area contributed by atoms with E-state index in [1.54, 1.807) is 17.4 Å². The highest BCUT2D eigenvalue weighted by molar-refractivity contribution is 7.80. The van der Waals surface area contributed by atoms with Gasteiger partial charge in [0.1, 0.15) is 4.88 Å². The van der Waals surface area contributed by atoms with Gasteiger partial charge in [0.25, 0.3) is 0 Å². The molecule has 0 amide bonds. The van der Waals surface area contributed by atoms with Gasteiger partial charge in [0.15, 0.2) is 0 Å². The highest BCUT2D eigenvalue weighted by atomic mass is 32.1. The Kier molecular flexibility index (Phi) is 3.91. The predicted molar refractivity (Wildman–Crippen MR) is 76.6 cm³/mol. The predicted octanol–water partition coefficient (Wildman–Crippen LogP) is 4.56. The van der Waals surface area contributed by atoms with E-state index in [1.807, 2.05) is 12.1 Å². The number of carboxylic acid groups (broad SMARTS) is 1. The number of aromatic carboxylic acids is 1. The smallest absolute Gasteiger partial charge is 0.345 e. The molecule has 0 bridgehead atoms. The average Bonchev–Trinajstić information content (AvgIpc) is 2.95. The van der Waals surface area contributed by atoms with Crippen LogP contribution in [0.15, 0.2) is 24.3 Å². The lowest BCUT2D eigenvalue weighted by Gasteiger charge is -2.02. The van der Waals surface area contributed by atoms with Crippen LogP contribution in [0.2, 0.25) is 0 Å². The van der Waals surface area contributed by atoms with Crippen molar-refractivity contribution in [2.45, 2.75) is 18.6 Å². The topological polar surface area (TPSA) is 37.3 Å². The summed E-state index contributed by atoms with van der Waals surface area (Å²) in [6.07, 6.45) is 0.994. The van der Waals surface area contributed by atoms with Crippen LogP contribution in [-0.4, -0.2) is 11.1 Å². The van der Waals surface area contributed by atoms with E-state index in [-0.39, 0.29) is 5.25 Å². The maximum atomic E-state index is 10.8. The highest BCUT2D eigenvalue weighted by Crippen LogP contribution is 2.37. The molecule has 0 saturated carbocycles. The SMILES string of the molecule is CCC(S)c1ccc(-c2ccc(C(=O)O)s2)s1. The standard InChI is InChI=1S/C12H12O2S3/c1-2-7(15)8-3-4-9(16-8)10-5-6-11(17-10)12(13)14/h3-7,15H,2H2,1H3,(H,13,14). The minimum Gasteiger partial charge on any atom is -0.477 e. The summed E-state index contributed by atoms with van der Waals surface area (Å²) >= 11 is 7.50. The fourth-order valence-electron chi connectivity index (χ4n) is 1.45. The minimum atomic E-state index is -0.862. The fourth-order valence-corrected chi connectivity index (χ4v) is 3.71. The maximum Gasteiger partial charge on any atom is 0.345 e. The summed E-state index contributed by atoms with van der Waals surface area (Å²) in [6, 6.07) is 7.63.